The van der Waals surface area contributed by atoms with Crippen molar-refractivity contribution in [1.29, 1.82) is 0 Å². The van der Waals surface area contributed by atoms with E-state index in [1.165, 1.54) is 25.1 Å². The van der Waals surface area contributed by atoms with Crippen LogP contribution in [0.3, 0.4) is 0 Å². The zero-order valence-electron chi connectivity index (χ0n) is 18.4. The van der Waals surface area contributed by atoms with Gasteiger partial charge < -0.3 is 38.9 Å². The van der Waals surface area contributed by atoms with Crippen molar-refractivity contribution in [3.63, 3.8) is 0 Å². The maximum Gasteiger partial charge on any atom is 0.513 e. The first-order valence-corrected chi connectivity index (χ1v) is 9.49. The van der Waals surface area contributed by atoms with Gasteiger partial charge in [0.25, 0.3) is 0 Å². The number of carbonyl (C=O) groups excluding carboxylic acids is 4. The molecule has 0 radical (unpaired) electrons. The van der Waals surface area contributed by atoms with Crippen molar-refractivity contribution >= 4 is 24.4 Å². The molecular weight excluding hydrogens is 430 g/mol. The highest BCUT2D eigenvalue weighted by molar-refractivity contribution is 5.76. The Labute approximate surface area is 184 Å². The van der Waals surface area contributed by atoms with Gasteiger partial charge in [-0.25, -0.2) is 14.4 Å². The molecule has 0 amide bonds. The quantitative estimate of drug-likeness (QED) is 0.328. The highest BCUT2D eigenvalue weighted by Crippen LogP contribution is 2.29. The molecule has 2 atom stereocenters. The maximum atomic E-state index is 12.2. The molecule has 1 aromatic carbocycles. The van der Waals surface area contributed by atoms with Crippen LogP contribution in [0.25, 0.3) is 0 Å². The lowest BCUT2D eigenvalue weighted by atomic mass is 10.1. The fourth-order valence-corrected chi connectivity index (χ4v) is 2.18. The first-order chi connectivity index (χ1) is 15.0. The van der Waals surface area contributed by atoms with Crippen LogP contribution in [-0.4, -0.2) is 63.5 Å². The Morgan fingerprint density at radius 3 is 2.03 bits per heavy atom. The minimum Gasteiger partial charge on any atom is -0.458 e. The second-order valence-electron chi connectivity index (χ2n) is 6.68. The molecule has 1 rings (SSSR count). The Hall–Kier alpha value is -3.54. The molecule has 0 fully saturated rings. The molecule has 32 heavy (non-hydrogen) atoms. The van der Waals surface area contributed by atoms with E-state index in [-0.39, 0.29) is 30.6 Å². The lowest BCUT2D eigenvalue weighted by molar-refractivity contribution is -0.152. The number of ether oxygens (including phenoxy) is 7. The summed E-state index contributed by atoms with van der Waals surface area (Å²) in [5.41, 5.74) is 6.36. The van der Waals surface area contributed by atoms with E-state index in [2.05, 4.69) is 9.47 Å². The molecule has 0 aliphatic rings. The largest absolute Gasteiger partial charge is 0.513 e. The molecule has 0 unspecified atom stereocenters. The lowest BCUT2D eigenvalue weighted by Gasteiger charge is -2.17. The van der Waals surface area contributed by atoms with Crippen LogP contribution in [0.5, 0.6) is 11.5 Å². The number of nitrogens with two attached hydrogens (primary N) is 1. The Morgan fingerprint density at radius 1 is 0.875 bits per heavy atom. The molecule has 12 heteroatoms. The minimum atomic E-state index is -1.08. The van der Waals surface area contributed by atoms with E-state index in [4.69, 9.17) is 29.4 Å². The number of methoxy groups -OCH3 is 2. The van der Waals surface area contributed by atoms with Crippen LogP contribution < -0.4 is 15.2 Å². The van der Waals surface area contributed by atoms with Crippen LogP contribution in [0.15, 0.2) is 18.2 Å². The molecule has 12 nitrogen and oxygen atoms in total. The lowest BCUT2D eigenvalue weighted by Crippen LogP contribution is -2.37. The van der Waals surface area contributed by atoms with E-state index in [1.54, 1.807) is 13.8 Å². The second kappa shape index (κ2) is 13.0. The number of hydrogen-bond acceptors (Lipinski definition) is 12. The SMILES string of the molecule is COC(=O)Oc1ccc(C[C@H](N)C(=O)O[C@@H](C)COC(=O)OC(C)C)cc1OC(=O)OC. The van der Waals surface area contributed by atoms with E-state index < -0.39 is 36.6 Å². The van der Waals surface area contributed by atoms with Gasteiger partial charge in [-0.2, -0.15) is 0 Å². The van der Waals surface area contributed by atoms with Crippen molar-refractivity contribution in [2.24, 2.45) is 5.73 Å². The van der Waals surface area contributed by atoms with Crippen LogP contribution in [0.1, 0.15) is 26.3 Å². The van der Waals surface area contributed by atoms with E-state index >= 15 is 0 Å². The minimum absolute atomic E-state index is 0.00214. The molecule has 2 N–H and O–H groups in total. The average molecular weight is 457 g/mol. The van der Waals surface area contributed by atoms with Gasteiger partial charge >= 0.3 is 24.4 Å². The first-order valence-electron chi connectivity index (χ1n) is 9.49. The standard InChI is InChI=1S/C20H27NO11/c1-11(2)29-20(25)28-10-12(3)30-17(22)14(21)8-13-6-7-15(31-18(23)26-4)16(9-13)32-19(24)27-5/h6-7,9,11-12,14H,8,10,21H2,1-5H3/t12-,14-/m0/s1. The van der Waals surface area contributed by atoms with Gasteiger partial charge in [-0.3, -0.25) is 4.79 Å². The molecule has 0 aromatic heterocycles. The Morgan fingerprint density at radius 2 is 1.47 bits per heavy atom. The van der Waals surface area contributed by atoms with E-state index in [9.17, 15) is 19.2 Å². The molecule has 0 aliphatic heterocycles. The summed E-state index contributed by atoms with van der Waals surface area (Å²) in [6.07, 6.45) is -4.06. The summed E-state index contributed by atoms with van der Waals surface area (Å²) in [5, 5.41) is 0. The molecule has 0 aliphatic carbocycles. The molecule has 0 saturated heterocycles. The molecule has 0 bridgehead atoms. The van der Waals surface area contributed by atoms with Crippen molar-refractivity contribution < 1.29 is 52.3 Å². The third kappa shape index (κ3) is 9.51. The van der Waals surface area contributed by atoms with E-state index in [1.807, 2.05) is 0 Å². The van der Waals surface area contributed by atoms with Gasteiger partial charge in [0.05, 0.1) is 20.3 Å². The molecular formula is C20H27NO11. The average Bonchev–Trinajstić information content (AvgIpc) is 2.73. The van der Waals surface area contributed by atoms with E-state index in [0.29, 0.717) is 5.56 Å². The smallest absolute Gasteiger partial charge is 0.458 e. The number of rotatable bonds is 9. The van der Waals surface area contributed by atoms with Crippen LogP contribution in [-0.2, 0) is 34.9 Å². The van der Waals surface area contributed by atoms with Crippen molar-refractivity contribution in [3.8, 4) is 11.5 Å². The van der Waals surface area contributed by atoms with Crippen molar-refractivity contribution in [2.75, 3.05) is 20.8 Å². The van der Waals surface area contributed by atoms with Crippen molar-refractivity contribution in [3.05, 3.63) is 23.8 Å². The van der Waals surface area contributed by atoms with E-state index in [0.717, 1.165) is 14.2 Å². The summed E-state index contributed by atoms with van der Waals surface area (Å²) in [4.78, 5) is 46.4. The topological polar surface area (TPSA) is 159 Å². The van der Waals surface area contributed by atoms with Crippen molar-refractivity contribution in [2.45, 2.75) is 45.4 Å². The molecule has 0 spiro atoms. The van der Waals surface area contributed by atoms with Gasteiger partial charge in [-0.1, -0.05) is 6.07 Å². The highest BCUT2D eigenvalue weighted by atomic mass is 16.7. The third-order valence-electron chi connectivity index (χ3n) is 3.57. The summed E-state index contributed by atoms with van der Waals surface area (Å²) < 4.78 is 33.5. The van der Waals surface area contributed by atoms with Gasteiger partial charge in [-0.05, 0) is 44.9 Å². The fourth-order valence-electron chi connectivity index (χ4n) is 2.18. The summed E-state index contributed by atoms with van der Waals surface area (Å²) in [6, 6.07) is 3.10. The number of hydrogen-bond donors (Lipinski definition) is 1. The Kier molecular flexibility index (Phi) is 10.8. The fraction of sp³-hybridized carbons (Fsp3) is 0.500. The van der Waals surface area contributed by atoms with Crippen molar-refractivity contribution in [1.82, 2.24) is 0 Å². The highest BCUT2D eigenvalue weighted by Gasteiger charge is 2.22. The zero-order valence-corrected chi connectivity index (χ0v) is 18.4. The normalized spacial score (nSPS) is 12.2. The van der Waals surface area contributed by atoms with Gasteiger partial charge in [0, 0.05) is 0 Å². The summed E-state index contributed by atoms with van der Waals surface area (Å²) in [7, 11) is 2.22. The van der Waals surface area contributed by atoms with Gasteiger partial charge in [0.1, 0.15) is 18.8 Å². The third-order valence-corrected chi connectivity index (χ3v) is 3.57. The van der Waals surface area contributed by atoms with Crippen LogP contribution in [0.4, 0.5) is 14.4 Å². The second-order valence-corrected chi connectivity index (χ2v) is 6.68. The zero-order chi connectivity index (χ0) is 24.3. The first kappa shape index (κ1) is 26.5. The number of esters is 1. The molecule has 178 valence electrons. The summed E-state index contributed by atoms with van der Waals surface area (Å²) in [5.74, 6) is -1.00. The summed E-state index contributed by atoms with van der Waals surface area (Å²) in [6.45, 7) is 4.65. The van der Waals surface area contributed by atoms with Gasteiger partial charge in [-0.15, -0.1) is 0 Å². The Bertz CT molecular complexity index is 809. The predicted octanol–water partition coefficient (Wildman–Crippen LogP) is 2.34. The van der Waals surface area contributed by atoms with Crippen LogP contribution >= 0.6 is 0 Å². The van der Waals surface area contributed by atoms with Crippen LogP contribution in [0, 0.1) is 0 Å². The number of benzene rings is 1. The molecule has 1 aromatic rings. The Balaban J connectivity index is 2.75. The molecule has 0 heterocycles. The monoisotopic (exact) mass is 457 g/mol. The predicted molar refractivity (Wildman–Crippen MR) is 107 cm³/mol. The molecule has 0 saturated carbocycles. The number of carbonyl (C=O) groups is 4. The maximum absolute atomic E-state index is 12.2. The van der Waals surface area contributed by atoms with Gasteiger partial charge in [0.2, 0.25) is 0 Å². The van der Waals surface area contributed by atoms with Gasteiger partial charge in [0.15, 0.2) is 11.5 Å². The summed E-state index contributed by atoms with van der Waals surface area (Å²) >= 11 is 0. The van der Waals surface area contributed by atoms with Crippen LogP contribution in [0.2, 0.25) is 0 Å².